The van der Waals surface area contributed by atoms with E-state index in [1.165, 1.54) is 30.3 Å². The van der Waals surface area contributed by atoms with Crippen molar-refractivity contribution in [3.8, 4) is 0 Å². The van der Waals surface area contributed by atoms with Crippen LogP contribution in [0, 0.1) is 10.1 Å². The molecule has 0 saturated carbocycles. The number of anilines is 2. The Kier molecular flexibility index (Phi) is 6.69. The van der Waals surface area contributed by atoms with Crippen molar-refractivity contribution < 1.29 is 9.72 Å². The number of para-hydroxylation sites is 3. The summed E-state index contributed by atoms with van der Waals surface area (Å²) in [6.07, 6.45) is 0. The van der Waals surface area contributed by atoms with Gasteiger partial charge in [-0.15, -0.1) is 0 Å². The van der Waals surface area contributed by atoms with Gasteiger partial charge in [0.15, 0.2) is 10.8 Å². The number of ketones is 1. The molecule has 2 heterocycles. The van der Waals surface area contributed by atoms with Crippen molar-refractivity contribution >= 4 is 45.4 Å². The van der Waals surface area contributed by atoms with Crippen LogP contribution in [0.1, 0.15) is 49.9 Å². The molecule has 0 bridgehead atoms. The molecule has 4 aromatic rings. The van der Waals surface area contributed by atoms with Crippen molar-refractivity contribution in [1.29, 1.82) is 0 Å². The fourth-order valence-corrected chi connectivity index (χ4v) is 6.55. The molecule has 0 aliphatic carbocycles. The second kappa shape index (κ2) is 10.3. The van der Waals surface area contributed by atoms with Gasteiger partial charge in [0.25, 0.3) is 5.69 Å². The predicted octanol–water partition coefficient (Wildman–Crippen LogP) is 7.43. The van der Waals surface area contributed by atoms with Crippen LogP contribution >= 0.6 is 11.8 Å². The van der Waals surface area contributed by atoms with Crippen LogP contribution in [0.4, 0.5) is 17.1 Å². The van der Waals surface area contributed by atoms with Gasteiger partial charge in [0.05, 0.1) is 16.3 Å². The quantitative estimate of drug-likeness (QED) is 0.182. The van der Waals surface area contributed by atoms with E-state index in [9.17, 15) is 14.9 Å². The molecule has 0 amide bonds. The topological polar surface area (TPSA) is 91.4 Å². The zero-order valence-electron chi connectivity index (χ0n) is 23.7. The molecule has 6 rings (SSSR count). The number of Topliss-reactive ketones (excluding diaryl/α,β-unsaturated/α-hetero) is 1. The molecule has 1 spiro atoms. The molecule has 0 N–H and O–H groups in total. The van der Waals surface area contributed by atoms with Crippen LogP contribution in [0.15, 0.2) is 113 Å². The molecule has 210 valence electrons. The summed E-state index contributed by atoms with van der Waals surface area (Å²) < 4.78 is 0. The van der Waals surface area contributed by atoms with Crippen molar-refractivity contribution in [3.63, 3.8) is 0 Å². The van der Waals surface area contributed by atoms with Crippen LogP contribution < -0.4 is 10.0 Å². The number of fused-ring (bicyclic) bond motifs is 2. The highest BCUT2D eigenvalue weighted by molar-refractivity contribution is 8.17. The normalized spacial score (nSPS) is 18.0. The van der Waals surface area contributed by atoms with Gasteiger partial charge >= 0.3 is 0 Å². The molecule has 2 aliphatic heterocycles. The number of carbonyl (C=O) groups excluding carboxylic acids is 1. The third kappa shape index (κ3) is 4.46. The largest absolute Gasteiger partial charge is 0.294 e. The molecule has 9 heteroatoms. The molecule has 0 saturated heterocycles. The fourth-order valence-electron chi connectivity index (χ4n) is 5.27. The number of hydrogen-bond acceptors (Lipinski definition) is 8. The van der Waals surface area contributed by atoms with Crippen LogP contribution in [0.3, 0.4) is 0 Å². The van der Waals surface area contributed by atoms with Crippen molar-refractivity contribution in [1.82, 2.24) is 0 Å². The molecule has 0 unspecified atom stereocenters. The molecular formula is C33H29N5O3S. The Morgan fingerprint density at radius 3 is 2.14 bits per heavy atom. The highest BCUT2D eigenvalue weighted by atomic mass is 32.2. The fraction of sp³-hybridized carbons (Fsp3) is 0.182. The zero-order chi connectivity index (χ0) is 29.6. The molecule has 0 radical (unpaired) electrons. The molecule has 42 heavy (non-hydrogen) atoms. The smallest absolute Gasteiger partial charge is 0.292 e. The van der Waals surface area contributed by atoms with Crippen molar-refractivity contribution in [3.05, 3.63) is 135 Å². The summed E-state index contributed by atoms with van der Waals surface area (Å²) in [5, 5.41) is 25.9. The maximum Gasteiger partial charge on any atom is 0.294 e. The van der Waals surface area contributed by atoms with Gasteiger partial charge in [-0.1, -0.05) is 99.6 Å². The molecule has 1 atom stereocenters. The Morgan fingerprint density at radius 1 is 0.833 bits per heavy atom. The van der Waals surface area contributed by atoms with Gasteiger partial charge < -0.3 is 0 Å². The first-order chi connectivity index (χ1) is 20.1. The maximum atomic E-state index is 12.9. The van der Waals surface area contributed by atoms with Crippen LogP contribution in [0.25, 0.3) is 0 Å². The Bertz CT molecular complexity index is 1760. The van der Waals surface area contributed by atoms with Crippen LogP contribution in [0.2, 0.25) is 0 Å². The van der Waals surface area contributed by atoms with E-state index in [1.807, 2.05) is 59.6 Å². The lowest BCUT2D eigenvalue weighted by atomic mass is 9.85. The third-order valence-electron chi connectivity index (χ3n) is 7.37. The van der Waals surface area contributed by atoms with E-state index >= 15 is 0 Å². The van der Waals surface area contributed by atoms with Gasteiger partial charge in [-0.2, -0.15) is 10.2 Å². The van der Waals surface area contributed by atoms with Gasteiger partial charge in [0.2, 0.25) is 4.99 Å². The maximum absolute atomic E-state index is 12.9. The molecular weight excluding hydrogens is 546 g/mol. The lowest BCUT2D eigenvalue weighted by Gasteiger charge is -2.46. The van der Waals surface area contributed by atoms with E-state index in [-0.39, 0.29) is 27.6 Å². The van der Waals surface area contributed by atoms with E-state index in [0.29, 0.717) is 0 Å². The first kappa shape index (κ1) is 27.4. The van der Waals surface area contributed by atoms with Crippen molar-refractivity contribution in [2.75, 3.05) is 10.0 Å². The summed E-state index contributed by atoms with van der Waals surface area (Å²) in [4.78, 5) is 23.4. The lowest BCUT2D eigenvalue weighted by Crippen LogP contribution is -2.54. The summed E-state index contributed by atoms with van der Waals surface area (Å²) in [6, 6.07) is 32.3. The Morgan fingerprint density at radius 2 is 1.48 bits per heavy atom. The van der Waals surface area contributed by atoms with Crippen LogP contribution in [-0.2, 0) is 15.2 Å². The van der Waals surface area contributed by atoms with Crippen molar-refractivity contribution in [2.24, 2.45) is 10.2 Å². The van der Waals surface area contributed by atoms with Gasteiger partial charge in [-0.05, 0) is 40.9 Å². The van der Waals surface area contributed by atoms with E-state index in [2.05, 4.69) is 45.0 Å². The summed E-state index contributed by atoms with van der Waals surface area (Å²) in [5.41, 5.74) is 5.42. The summed E-state index contributed by atoms with van der Waals surface area (Å²) >= 11 is 1.24. The first-order valence-corrected chi connectivity index (χ1v) is 14.4. The van der Waals surface area contributed by atoms with E-state index < -0.39 is 9.92 Å². The van der Waals surface area contributed by atoms with Gasteiger partial charge in [-0.3, -0.25) is 14.9 Å². The van der Waals surface area contributed by atoms with Crippen molar-refractivity contribution in [2.45, 2.75) is 38.1 Å². The highest BCUT2D eigenvalue weighted by Gasteiger charge is 2.57. The average molecular weight is 576 g/mol. The first-order valence-electron chi connectivity index (χ1n) is 13.6. The standard InChI is InChI=1S/C33H29N5O3S/c1-22(39)31-35-37(28-16-10-11-17-29(28)38(40)41)33(42-31)27-15-9-8-14-26(27)30(34-36(33)25-12-6-5-7-13-25)23-18-20-24(21-19-23)32(2,3)4/h5-21H,1-4H3/t33-/m0/s1. The number of hydrogen-bond donors (Lipinski definition) is 0. The Hall–Kier alpha value is -4.76. The minimum atomic E-state index is -1.26. The van der Waals surface area contributed by atoms with E-state index in [0.717, 1.165) is 28.1 Å². The second-order valence-corrected chi connectivity index (χ2v) is 12.4. The van der Waals surface area contributed by atoms with Crippen LogP contribution in [0.5, 0.6) is 0 Å². The number of benzene rings is 4. The highest BCUT2D eigenvalue weighted by Crippen LogP contribution is 2.56. The molecule has 4 aromatic carbocycles. The average Bonchev–Trinajstić information content (AvgIpc) is 3.39. The van der Waals surface area contributed by atoms with Gasteiger partial charge in [0, 0.05) is 29.7 Å². The van der Waals surface area contributed by atoms with Crippen LogP contribution in [-0.4, -0.2) is 21.5 Å². The number of nitrogens with zero attached hydrogens (tertiary/aromatic N) is 5. The van der Waals surface area contributed by atoms with Gasteiger partial charge in [-0.25, -0.2) is 10.0 Å². The molecule has 8 nitrogen and oxygen atoms in total. The second-order valence-electron chi connectivity index (χ2n) is 11.2. The van der Waals surface area contributed by atoms with E-state index in [4.69, 9.17) is 10.2 Å². The SMILES string of the molecule is CC(=O)C1=NN(c2ccccc2[N+](=O)[O-])[C@]2(S1)c1ccccc1C(c1ccc(C(C)(C)C)cc1)=NN2c1ccccc1. The number of nitro benzene ring substituents is 1. The summed E-state index contributed by atoms with van der Waals surface area (Å²) in [5.74, 6) is -0.238. The number of nitro groups is 1. The van der Waals surface area contributed by atoms with Gasteiger partial charge in [0.1, 0.15) is 5.69 Å². The number of hydrazone groups is 2. The zero-order valence-corrected chi connectivity index (χ0v) is 24.5. The Balaban J connectivity index is 1.65. The monoisotopic (exact) mass is 575 g/mol. The van der Waals surface area contributed by atoms with E-state index in [1.54, 1.807) is 23.2 Å². The summed E-state index contributed by atoms with van der Waals surface area (Å²) in [6.45, 7) is 7.99. The predicted molar refractivity (Wildman–Crippen MR) is 169 cm³/mol. The molecule has 0 fully saturated rings. The number of rotatable bonds is 5. The minimum absolute atomic E-state index is 0.00321. The lowest BCUT2D eigenvalue weighted by molar-refractivity contribution is -0.384. The molecule has 0 aromatic heterocycles. The molecule has 2 aliphatic rings. The summed E-state index contributed by atoms with van der Waals surface area (Å²) in [7, 11) is 0. The number of thioether (sulfide) groups is 1. The minimum Gasteiger partial charge on any atom is -0.292 e. The number of carbonyl (C=O) groups is 1. The Labute approximate surface area is 248 Å². The third-order valence-corrected chi connectivity index (χ3v) is 8.78.